The number of carbonyl (C=O) groups is 1. The monoisotopic (exact) mass is 408 g/mol. The van der Waals surface area contributed by atoms with E-state index in [2.05, 4.69) is 10.4 Å². The molecule has 1 aromatic carbocycles. The van der Waals surface area contributed by atoms with Gasteiger partial charge in [-0.2, -0.15) is 5.10 Å². The average Bonchev–Trinajstić information content (AvgIpc) is 3.10. The van der Waals surface area contributed by atoms with Gasteiger partial charge in [0.2, 0.25) is 5.91 Å². The highest BCUT2D eigenvalue weighted by atomic mass is 32.2. The summed E-state index contributed by atoms with van der Waals surface area (Å²) < 4.78 is 38.3. The lowest BCUT2D eigenvalue weighted by atomic mass is 10.1. The van der Waals surface area contributed by atoms with Gasteiger partial charge in [0.15, 0.2) is 9.84 Å². The molecule has 1 aliphatic heterocycles. The minimum Gasteiger partial charge on any atom is -0.325 e. The summed E-state index contributed by atoms with van der Waals surface area (Å²) in [7, 11) is -1.15. The number of likely N-dealkylation sites (N-methyl/N-ethyl adjacent to an activating group) is 1. The van der Waals surface area contributed by atoms with Crippen LogP contribution in [0.4, 0.5) is 10.1 Å². The van der Waals surface area contributed by atoms with Crippen LogP contribution in [0.1, 0.15) is 29.4 Å². The smallest absolute Gasteiger partial charge is 0.238 e. The van der Waals surface area contributed by atoms with Gasteiger partial charge in [-0.25, -0.2) is 12.8 Å². The number of anilines is 1. The molecule has 0 unspecified atom stereocenters. The first-order valence-electron chi connectivity index (χ1n) is 9.13. The number of rotatable bonds is 6. The van der Waals surface area contributed by atoms with Gasteiger partial charge < -0.3 is 5.32 Å². The molecule has 2 heterocycles. The molecule has 1 fully saturated rings. The van der Waals surface area contributed by atoms with E-state index in [1.165, 1.54) is 24.3 Å². The highest BCUT2D eigenvalue weighted by molar-refractivity contribution is 7.91. The third-order valence-corrected chi connectivity index (χ3v) is 6.75. The van der Waals surface area contributed by atoms with Crippen LogP contribution in [0.2, 0.25) is 0 Å². The van der Waals surface area contributed by atoms with Crippen molar-refractivity contribution >= 4 is 21.4 Å². The molecule has 7 nitrogen and oxygen atoms in total. The van der Waals surface area contributed by atoms with E-state index in [1.54, 1.807) is 0 Å². The molecule has 0 saturated carbocycles. The number of carbonyl (C=O) groups excluding carboxylic acids is 1. The summed E-state index contributed by atoms with van der Waals surface area (Å²) in [5.74, 6) is -0.217. The predicted octanol–water partition coefficient (Wildman–Crippen LogP) is 2.07. The Hall–Kier alpha value is -2.26. The van der Waals surface area contributed by atoms with Crippen molar-refractivity contribution in [1.82, 2.24) is 14.7 Å². The number of amides is 1. The molecular weight excluding hydrogens is 383 g/mol. The van der Waals surface area contributed by atoms with Crippen LogP contribution in [0, 0.1) is 19.7 Å². The van der Waals surface area contributed by atoms with Gasteiger partial charge in [0, 0.05) is 23.5 Å². The Balaban J connectivity index is 1.63. The minimum atomic E-state index is -2.98. The Morgan fingerprint density at radius 1 is 1.32 bits per heavy atom. The molecule has 1 saturated heterocycles. The van der Waals surface area contributed by atoms with Crippen molar-refractivity contribution in [3.63, 3.8) is 0 Å². The third kappa shape index (κ3) is 4.77. The fraction of sp³-hybridized carbons (Fsp3) is 0.474. The lowest BCUT2D eigenvalue weighted by molar-refractivity contribution is -0.117. The number of aromatic nitrogens is 2. The highest BCUT2D eigenvalue weighted by Gasteiger charge is 2.31. The number of nitrogens with zero attached hydrogens (tertiary/aromatic N) is 3. The first-order valence-corrected chi connectivity index (χ1v) is 11.0. The summed E-state index contributed by atoms with van der Waals surface area (Å²) in [5.41, 5.74) is 3.32. The maximum Gasteiger partial charge on any atom is 0.238 e. The molecular formula is C19H25FN4O3S. The van der Waals surface area contributed by atoms with Gasteiger partial charge in [0.1, 0.15) is 5.82 Å². The Bertz CT molecular complexity index is 970. The van der Waals surface area contributed by atoms with E-state index < -0.39 is 9.84 Å². The van der Waals surface area contributed by atoms with E-state index in [-0.39, 0.29) is 35.8 Å². The van der Waals surface area contributed by atoms with Crippen molar-refractivity contribution in [2.45, 2.75) is 32.9 Å². The third-order valence-electron chi connectivity index (χ3n) is 5.00. The second-order valence-electron chi connectivity index (χ2n) is 7.38. The molecule has 1 aromatic heterocycles. The molecule has 3 rings (SSSR count). The van der Waals surface area contributed by atoms with Crippen LogP contribution in [-0.2, 0) is 21.2 Å². The molecule has 1 N–H and O–H groups in total. The lowest BCUT2D eigenvalue weighted by Crippen LogP contribution is -2.30. The zero-order chi connectivity index (χ0) is 20.5. The summed E-state index contributed by atoms with van der Waals surface area (Å²) in [6.45, 7) is 4.52. The van der Waals surface area contributed by atoms with E-state index in [4.69, 9.17) is 0 Å². The largest absolute Gasteiger partial charge is 0.325 e. The van der Waals surface area contributed by atoms with Crippen molar-refractivity contribution in [3.8, 4) is 0 Å². The fourth-order valence-electron chi connectivity index (χ4n) is 3.55. The summed E-state index contributed by atoms with van der Waals surface area (Å²) in [5, 5.41) is 7.29. The molecule has 9 heteroatoms. The topological polar surface area (TPSA) is 84.3 Å². The number of aryl methyl sites for hydroxylation is 1. The summed E-state index contributed by atoms with van der Waals surface area (Å²) in [4.78, 5) is 14.1. The van der Waals surface area contributed by atoms with E-state index in [1.807, 2.05) is 30.5 Å². The van der Waals surface area contributed by atoms with Crippen LogP contribution in [0.15, 0.2) is 24.3 Å². The summed E-state index contributed by atoms with van der Waals surface area (Å²) >= 11 is 0. The Labute approximate surface area is 164 Å². The van der Waals surface area contributed by atoms with Crippen LogP contribution in [0.3, 0.4) is 0 Å². The van der Waals surface area contributed by atoms with Crippen molar-refractivity contribution < 1.29 is 17.6 Å². The molecule has 0 bridgehead atoms. The molecule has 0 aliphatic carbocycles. The van der Waals surface area contributed by atoms with E-state index >= 15 is 0 Å². The van der Waals surface area contributed by atoms with Crippen LogP contribution in [-0.4, -0.2) is 54.1 Å². The van der Waals surface area contributed by atoms with Gasteiger partial charge in [-0.15, -0.1) is 0 Å². The Morgan fingerprint density at radius 3 is 2.61 bits per heavy atom. The summed E-state index contributed by atoms with van der Waals surface area (Å²) in [6, 6.07) is 5.50. The van der Waals surface area contributed by atoms with E-state index in [9.17, 15) is 17.6 Å². The Kier molecular flexibility index (Phi) is 5.85. The normalized spacial score (nSPS) is 18.5. The van der Waals surface area contributed by atoms with Crippen LogP contribution in [0.5, 0.6) is 0 Å². The predicted molar refractivity (Wildman–Crippen MR) is 105 cm³/mol. The quantitative estimate of drug-likeness (QED) is 0.791. The summed E-state index contributed by atoms with van der Waals surface area (Å²) in [6.07, 6.45) is 0.583. The van der Waals surface area contributed by atoms with Gasteiger partial charge >= 0.3 is 0 Å². The standard InChI is InChI=1S/C19H25FN4O3S/c1-13-18(14(2)24(22-13)17-8-9-28(26,27)12-17)10-23(3)11-19(25)21-16-6-4-15(20)5-7-16/h4-7,17H,8-12H2,1-3H3,(H,21,25)/t17-/m1/s1. The Morgan fingerprint density at radius 2 is 2.00 bits per heavy atom. The zero-order valence-corrected chi connectivity index (χ0v) is 17.1. The van der Waals surface area contributed by atoms with Crippen molar-refractivity contribution in [1.29, 1.82) is 0 Å². The van der Waals surface area contributed by atoms with Gasteiger partial charge in [0.25, 0.3) is 0 Å². The molecule has 0 radical (unpaired) electrons. The molecule has 1 aliphatic rings. The number of hydrogen-bond acceptors (Lipinski definition) is 5. The SMILES string of the molecule is Cc1nn([C@@H]2CCS(=O)(=O)C2)c(C)c1CN(C)CC(=O)Nc1ccc(F)cc1. The van der Waals surface area contributed by atoms with Gasteiger partial charge in [-0.1, -0.05) is 0 Å². The number of hydrogen-bond donors (Lipinski definition) is 1. The molecule has 1 atom stereocenters. The van der Waals surface area contributed by atoms with Gasteiger partial charge in [0.05, 0.1) is 29.8 Å². The van der Waals surface area contributed by atoms with Crippen LogP contribution < -0.4 is 5.32 Å². The molecule has 152 valence electrons. The second kappa shape index (κ2) is 8.00. The van der Waals surface area contributed by atoms with Crippen molar-refractivity contribution in [2.24, 2.45) is 0 Å². The number of halogens is 1. The van der Waals surface area contributed by atoms with Crippen LogP contribution in [0.25, 0.3) is 0 Å². The lowest BCUT2D eigenvalue weighted by Gasteiger charge is -2.17. The highest BCUT2D eigenvalue weighted by Crippen LogP contribution is 2.27. The molecule has 0 spiro atoms. The number of sulfone groups is 1. The number of benzene rings is 1. The number of nitrogens with one attached hydrogen (secondary N) is 1. The first kappa shape index (κ1) is 20.5. The molecule has 2 aromatic rings. The van der Waals surface area contributed by atoms with Gasteiger partial charge in [-0.3, -0.25) is 14.4 Å². The molecule has 28 heavy (non-hydrogen) atoms. The second-order valence-corrected chi connectivity index (χ2v) is 9.61. The maximum atomic E-state index is 12.9. The van der Waals surface area contributed by atoms with E-state index in [0.717, 1.165) is 17.0 Å². The van der Waals surface area contributed by atoms with Crippen molar-refractivity contribution in [2.75, 3.05) is 30.4 Å². The minimum absolute atomic E-state index is 0.121. The van der Waals surface area contributed by atoms with Gasteiger partial charge in [-0.05, 0) is 51.6 Å². The van der Waals surface area contributed by atoms with Crippen LogP contribution >= 0.6 is 0 Å². The fourth-order valence-corrected chi connectivity index (χ4v) is 5.25. The molecule has 1 amide bonds. The first-order chi connectivity index (χ1) is 13.1. The zero-order valence-electron chi connectivity index (χ0n) is 16.3. The van der Waals surface area contributed by atoms with Crippen molar-refractivity contribution in [3.05, 3.63) is 47.0 Å². The van der Waals surface area contributed by atoms with E-state index in [0.29, 0.717) is 18.7 Å². The average molecular weight is 408 g/mol. The maximum absolute atomic E-state index is 12.9.